The van der Waals surface area contributed by atoms with E-state index >= 15 is 0 Å². The highest BCUT2D eigenvalue weighted by Crippen LogP contribution is 2.16. The van der Waals surface area contributed by atoms with E-state index in [0.29, 0.717) is 12.8 Å². The average molecular weight is 821 g/mol. The standard InChI is InChI=1S/C12H18N2O4S.C10H14N2O5S.C9H12N2O5S/c1-8(15)3-5-13-10(17)7-11(18)14(12(13)19)6-4-9(2)16;13-5-1-3-11-7(14)6-8(15)12(10(11)18)4-2-9(16)17;12-4-3-11-7(14)5-6(13)10(9(11)17)2-1-8(15)16/h8,15H,3-7H2,1-2H3;13H,1-6H2,(H,16,17);12H,1-5H2,(H,15,16). The second-order valence-electron chi connectivity index (χ2n) is 11.8. The Hall–Kier alpha value is -4.42. The number of rotatable bonds is 17. The summed E-state index contributed by atoms with van der Waals surface area (Å²) in [6.07, 6.45) is -0.958. The lowest BCUT2D eigenvalue weighted by atomic mass is 10.2. The highest BCUT2D eigenvalue weighted by molar-refractivity contribution is 7.80. The van der Waals surface area contributed by atoms with Crippen molar-refractivity contribution < 1.29 is 68.7 Å². The zero-order valence-corrected chi connectivity index (χ0v) is 32.2. The van der Waals surface area contributed by atoms with Crippen molar-refractivity contribution in [3.8, 4) is 0 Å². The Morgan fingerprint density at radius 3 is 1.17 bits per heavy atom. The lowest BCUT2D eigenvalue weighted by molar-refractivity contribution is -0.143. The van der Waals surface area contributed by atoms with E-state index in [1.54, 1.807) is 6.92 Å². The van der Waals surface area contributed by atoms with Crippen LogP contribution in [0.4, 0.5) is 0 Å². The lowest BCUT2D eigenvalue weighted by Gasteiger charge is -2.35. The van der Waals surface area contributed by atoms with Crippen molar-refractivity contribution in [3.63, 3.8) is 0 Å². The van der Waals surface area contributed by atoms with Gasteiger partial charge < -0.3 is 25.5 Å². The summed E-state index contributed by atoms with van der Waals surface area (Å²) in [5.74, 6) is -4.72. The van der Waals surface area contributed by atoms with Crippen LogP contribution in [0.2, 0.25) is 0 Å². The van der Waals surface area contributed by atoms with Crippen molar-refractivity contribution in [1.82, 2.24) is 29.4 Å². The molecular formula is C31H44N6O14S3. The number of carboxylic acid groups (broad SMARTS) is 2. The number of carbonyl (C=O) groups is 9. The quantitative estimate of drug-likeness (QED) is 0.0790. The number of aliphatic carboxylic acids is 2. The highest BCUT2D eigenvalue weighted by atomic mass is 32.1. The molecule has 5 N–H and O–H groups in total. The van der Waals surface area contributed by atoms with E-state index in [9.17, 15) is 48.3 Å². The van der Waals surface area contributed by atoms with E-state index in [0.717, 1.165) is 14.7 Å². The van der Waals surface area contributed by atoms with Gasteiger partial charge in [-0.1, -0.05) is 0 Å². The Bertz CT molecular complexity index is 1510. The number of nitrogens with zero attached hydrogens (tertiary/aromatic N) is 6. The van der Waals surface area contributed by atoms with Crippen LogP contribution in [0, 0.1) is 0 Å². The minimum Gasteiger partial charge on any atom is -0.481 e. The molecule has 3 heterocycles. The van der Waals surface area contributed by atoms with Crippen molar-refractivity contribution in [2.75, 3.05) is 52.5 Å². The second kappa shape index (κ2) is 23.4. The van der Waals surface area contributed by atoms with Gasteiger partial charge in [0.05, 0.1) is 32.1 Å². The van der Waals surface area contributed by atoms with E-state index in [2.05, 4.69) is 0 Å². The van der Waals surface area contributed by atoms with Gasteiger partial charge >= 0.3 is 11.9 Å². The van der Waals surface area contributed by atoms with Crippen LogP contribution in [0.1, 0.15) is 65.2 Å². The molecule has 54 heavy (non-hydrogen) atoms. The number of ketones is 1. The van der Waals surface area contributed by atoms with Crippen molar-refractivity contribution in [1.29, 1.82) is 0 Å². The Morgan fingerprint density at radius 1 is 0.556 bits per heavy atom. The number of hydrogen-bond donors (Lipinski definition) is 5. The van der Waals surface area contributed by atoms with Crippen LogP contribution >= 0.6 is 36.7 Å². The Balaban J connectivity index is 0.000000406. The normalized spacial score (nSPS) is 17.0. The number of β-amino-alcohol motifs (C(OH)–C–C–N with tert-alkyl or cyclic N) is 1. The molecule has 0 radical (unpaired) electrons. The predicted molar refractivity (Wildman–Crippen MR) is 197 cm³/mol. The first kappa shape index (κ1) is 47.6. The van der Waals surface area contributed by atoms with Crippen LogP contribution < -0.4 is 0 Å². The van der Waals surface area contributed by atoms with Gasteiger partial charge in [-0.15, -0.1) is 0 Å². The summed E-state index contributed by atoms with van der Waals surface area (Å²) >= 11 is 15.1. The maximum atomic E-state index is 11.8. The van der Waals surface area contributed by atoms with Crippen LogP contribution in [-0.2, 0) is 43.2 Å². The molecule has 3 rings (SSSR count). The molecule has 0 aromatic heterocycles. The molecule has 300 valence electrons. The van der Waals surface area contributed by atoms with Crippen LogP contribution in [0.25, 0.3) is 0 Å². The number of carboxylic acids is 2. The molecule has 0 bridgehead atoms. The minimum absolute atomic E-state index is 0.00845. The molecule has 6 amide bonds. The van der Waals surface area contributed by atoms with Crippen molar-refractivity contribution in [2.45, 2.75) is 71.3 Å². The lowest BCUT2D eigenvalue weighted by Crippen LogP contribution is -2.55. The Kier molecular flexibility index (Phi) is 20.6. The fraction of sp³-hybridized carbons (Fsp3) is 0.613. The Labute approximate surface area is 326 Å². The largest absolute Gasteiger partial charge is 0.481 e. The highest BCUT2D eigenvalue weighted by Gasteiger charge is 2.36. The van der Waals surface area contributed by atoms with Crippen LogP contribution in [0.5, 0.6) is 0 Å². The third-order valence-corrected chi connectivity index (χ3v) is 8.84. The summed E-state index contributed by atoms with van der Waals surface area (Å²) in [5, 5.41) is 44.0. The summed E-state index contributed by atoms with van der Waals surface area (Å²) in [4.78, 5) is 109. The van der Waals surface area contributed by atoms with E-state index < -0.39 is 41.7 Å². The minimum atomic E-state index is -1.05. The average Bonchev–Trinajstić information content (AvgIpc) is 3.06. The molecule has 3 saturated heterocycles. The van der Waals surface area contributed by atoms with Gasteiger partial charge in [-0.25, -0.2) is 0 Å². The van der Waals surface area contributed by atoms with E-state index in [4.69, 9.17) is 57.1 Å². The number of thiocarbonyl (C=S) groups is 3. The van der Waals surface area contributed by atoms with Gasteiger partial charge in [-0.2, -0.15) is 0 Å². The second-order valence-corrected chi connectivity index (χ2v) is 12.9. The fourth-order valence-corrected chi connectivity index (χ4v) is 5.85. The molecule has 0 spiro atoms. The third-order valence-electron chi connectivity index (χ3n) is 7.52. The molecular weight excluding hydrogens is 777 g/mol. The van der Waals surface area contributed by atoms with Gasteiger partial charge in [-0.3, -0.25) is 72.6 Å². The number of Topliss-reactive ketones (excluding diaryl/α,β-unsaturated/α-hetero) is 1. The third kappa shape index (κ3) is 15.1. The summed E-state index contributed by atoms with van der Waals surface area (Å²) in [7, 11) is 0. The maximum Gasteiger partial charge on any atom is 0.305 e. The first-order valence-electron chi connectivity index (χ1n) is 16.5. The molecule has 3 aliphatic rings. The molecule has 1 unspecified atom stereocenters. The van der Waals surface area contributed by atoms with Gasteiger partial charge in [-0.05, 0) is 63.3 Å². The van der Waals surface area contributed by atoms with Gasteiger partial charge in [0.1, 0.15) is 25.0 Å². The number of carbonyl (C=O) groups excluding carboxylic acids is 7. The molecule has 0 aliphatic carbocycles. The molecule has 3 fully saturated rings. The maximum absolute atomic E-state index is 11.8. The summed E-state index contributed by atoms with van der Waals surface area (Å²) in [5.41, 5.74) is 0. The number of hydrogen-bond acceptors (Lipinski definition) is 15. The number of aliphatic hydroxyl groups excluding tert-OH is 3. The first-order valence-corrected chi connectivity index (χ1v) is 17.8. The SMILES string of the molecule is CC(=O)CCN1C(=O)CC(=O)N(CCC(C)O)C1=S.O=C(O)CCN1C(=O)CC(=O)N(CCCO)C1=S.O=C(O)CCN1C(=O)CC(=O)N(CCO)C1=S. The van der Waals surface area contributed by atoms with Gasteiger partial charge in [0.15, 0.2) is 15.3 Å². The smallest absolute Gasteiger partial charge is 0.305 e. The molecule has 23 heteroatoms. The molecule has 20 nitrogen and oxygen atoms in total. The van der Waals surface area contributed by atoms with E-state index in [1.807, 2.05) is 0 Å². The summed E-state index contributed by atoms with van der Waals surface area (Å²) < 4.78 is 0. The van der Waals surface area contributed by atoms with Gasteiger partial charge in [0.2, 0.25) is 35.4 Å². The zero-order chi connectivity index (χ0) is 41.3. The van der Waals surface area contributed by atoms with Crippen LogP contribution in [0.15, 0.2) is 0 Å². The van der Waals surface area contributed by atoms with Gasteiger partial charge in [0.25, 0.3) is 0 Å². The predicted octanol–water partition coefficient (Wildman–Crippen LogP) is -1.93. The number of amides is 6. The monoisotopic (exact) mass is 820 g/mol. The van der Waals surface area contributed by atoms with E-state index in [-0.39, 0.29) is 124 Å². The summed E-state index contributed by atoms with van der Waals surface area (Å²) in [6.45, 7) is 3.30. The van der Waals surface area contributed by atoms with Gasteiger partial charge in [0, 0.05) is 45.8 Å². The molecule has 0 aromatic rings. The van der Waals surface area contributed by atoms with Crippen molar-refractivity contribution >= 4 is 105 Å². The topological polar surface area (TPSA) is 274 Å². The molecule has 0 aromatic carbocycles. The Morgan fingerprint density at radius 2 is 0.870 bits per heavy atom. The van der Waals surface area contributed by atoms with Crippen LogP contribution in [0.3, 0.4) is 0 Å². The fourth-order valence-electron chi connectivity index (χ4n) is 4.69. The first-order chi connectivity index (χ1) is 25.3. The summed E-state index contributed by atoms with van der Waals surface area (Å²) in [6, 6.07) is 0. The van der Waals surface area contributed by atoms with Crippen molar-refractivity contribution in [3.05, 3.63) is 0 Å². The molecule has 0 saturated carbocycles. The number of aliphatic hydroxyl groups is 3. The van der Waals surface area contributed by atoms with E-state index in [1.165, 1.54) is 21.6 Å². The zero-order valence-electron chi connectivity index (χ0n) is 29.7. The van der Waals surface area contributed by atoms with Crippen LogP contribution in [-0.4, -0.2) is 182 Å². The molecule has 3 aliphatic heterocycles. The van der Waals surface area contributed by atoms with Crippen molar-refractivity contribution in [2.24, 2.45) is 0 Å². The molecule has 1 atom stereocenters.